The van der Waals surface area contributed by atoms with Crippen LogP contribution in [0.4, 0.5) is 5.69 Å². The molecule has 1 aromatic heterocycles. The van der Waals surface area contributed by atoms with Crippen LogP contribution in [0.25, 0.3) is 11.1 Å². The Hall–Kier alpha value is -1.55. The molecule has 102 valence electrons. The van der Waals surface area contributed by atoms with Gasteiger partial charge >= 0.3 is 0 Å². The van der Waals surface area contributed by atoms with Crippen molar-refractivity contribution in [1.82, 2.24) is 9.88 Å². The molecule has 1 aliphatic heterocycles. The van der Waals surface area contributed by atoms with Crippen LogP contribution in [0.3, 0.4) is 0 Å². The molecule has 2 heterocycles. The molecule has 0 saturated carbocycles. The Morgan fingerprint density at radius 3 is 3.16 bits per heavy atom. The highest BCUT2D eigenvalue weighted by atomic mass is 16.3. The van der Waals surface area contributed by atoms with E-state index in [0.29, 0.717) is 6.04 Å². The lowest BCUT2D eigenvalue weighted by molar-refractivity contribution is 0.125. The van der Waals surface area contributed by atoms with Gasteiger partial charge in [-0.3, -0.25) is 4.90 Å². The van der Waals surface area contributed by atoms with Gasteiger partial charge in [0.15, 0.2) is 5.58 Å². The first-order valence-electron chi connectivity index (χ1n) is 7.15. The number of benzene rings is 1. The van der Waals surface area contributed by atoms with Crippen LogP contribution < -0.4 is 5.73 Å². The first-order valence-corrected chi connectivity index (χ1v) is 7.15. The van der Waals surface area contributed by atoms with E-state index in [9.17, 15) is 0 Å². The second-order valence-corrected chi connectivity index (χ2v) is 5.36. The minimum atomic E-state index is 0.675. The third kappa shape index (κ3) is 2.59. The van der Waals surface area contributed by atoms with Crippen LogP contribution in [-0.4, -0.2) is 22.5 Å². The highest BCUT2D eigenvalue weighted by Crippen LogP contribution is 2.24. The van der Waals surface area contributed by atoms with E-state index < -0.39 is 0 Å². The quantitative estimate of drug-likeness (QED) is 0.860. The average molecular weight is 259 g/mol. The molecule has 1 aliphatic rings. The van der Waals surface area contributed by atoms with E-state index in [1.165, 1.54) is 25.7 Å². The summed E-state index contributed by atoms with van der Waals surface area (Å²) in [7, 11) is 0. The van der Waals surface area contributed by atoms with Crippen LogP contribution in [0.2, 0.25) is 0 Å². The number of piperidine rings is 1. The second-order valence-electron chi connectivity index (χ2n) is 5.36. The molecule has 0 amide bonds. The fourth-order valence-electron chi connectivity index (χ4n) is 2.96. The molecular formula is C15H21N3O. The maximum absolute atomic E-state index is 5.81. The van der Waals surface area contributed by atoms with E-state index in [0.717, 1.165) is 35.8 Å². The van der Waals surface area contributed by atoms with Crippen molar-refractivity contribution >= 4 is 16.8 Å². The van der Waals surface area contributed by atoms with Crippen molar-refractivity contribution in [2.24, 2.45) is 0 Å². The summed E-state index contributed by atoms with van der Waals surface area (Å²) >= 11 is 0. The van der Waals surface area contributed by atoms with E-state index in [1.807, 2.05) is 18.2 Å². The van der Waals surface area contributed by atoms with Crippen LogP contribution >= 0.6 is 0 Å². The first-order chi connectivity index (χ1) is 9.26. The van der Waals surface area contributed by atoms with Crippen molar-refractivity contribution in [2.75, 3.05) is 12.3 Å². The number of likely N-dealkylation sites (tertiary alicyclic amines) is 1. The normalized spacial score (nSPS) is 21.0. The highest BCUT2D eigenvalue weighted by Gasteiger charge is 2.22. The second kappa shape index (κ2) is 5.21. The van der Waals surface area contributed by atoms with Crippen LogP contribution in [0.1, 0.15) is 38.5 Å². The standard InChI is InChI=1S/C15H21N3O/c1-2-12-5-3-4-8-18(12)10-15-17-13-9-11(16)6-7-14(13)19-15/h6-7,9,12H,2-5,8,10,16H2,1H3. The molecule has 1 unspecified atom stereocenters. The summed E-state index contributed by atoms with van der Waals surface area (Å²) in [4.78, 5) is 7.05. The predicted octanol–water partition coefficient (Wildman–Crippen LogP) is 3.17. The lowest BCUT2D eigenvalue weighted by Crippen LogP contribution is -2.38. The Labute approximate surface area is 113 Å². The summed E-state index contributed by atoms with van der Waals surface area (Å²) in [5.41, 5.74) is 8.19. The molecule has 3 rings (SSSR count). The lowest BCUT2D eigenvalue weighted by atomic mass is 10.0. The largest absolute Gasteiger partial charge is 0.439 e. The molecular weight excluding hydrogens is 238 g/mol. The topological polar surface area (TPSA) is 55.3 Å². The van der Waals surface area contributed by atoms with E-state index >= 15 is 0 Å². The third-order valence-corrected chi connectivity index (χ3v) is 4.01. The fraction of sp³-hybridized carbons (Fsp3) is 0.533. The minimum Gasteiger partial charge on any atom is -0.439 e. The zero-order valence-corrected chi connectivity index (χ0v) is 11.4. The van der Waals surface area contributed by atoms with Crippen LogP contribution in [0.5, 0.6) is 0 Å². The van der Waals surface area contributed by atoms with Gasteiger partial charge in [0, 0.05) is 11.7 Å². The number of hydrogen-bond acceptors (Lipinski definition) is 4. The summed E-state index contributed by atoms with van der Waals surface area (Å²) in [6, 6.07) is 6.30. The summed E-state index contributed by atoms with van der Waals surface area (Å²) < 4.78 is 5.81. The molecule has 2 aromatic rings. The molecule has 1 aromatic carbocycles. The minimum absolute atomic E-state index is 0.675. The van der Waals surface area contributed by atoms with Crippen LogP contribution in [-0.2, 0) is 6.54 Å². The van der Waals surface area contributed by atoms with Gasteiger partial charge in [0.1, 0.15) is 5.52 Å². The number of nitrogens with zero attached hydrogens (tertiary/aromatic N) is 2. The maximum atomic E-state index is 5.81. The highest BCUT2D eigenvalue weighted by molar-refractivity contribution is 5.76. The molecule has 0 aliphatic carbocycles. The number of aromatic nitrogens is 1. The zero-order chi connectivity index (χ0) is 13.2. The van der Waals surface area contributed by atoms with Gasteiger partial charge in [-0.25, -0.2) is 4.98 Å². The molecule has 4 nitrogen and oxygen atoms in total. The molecule has 1 fully saturated rings. The Morgan fingerprint density at radius 1 is 1.42 bits per heavy atom. The monoisotopic (exact) mass is 259 g/mol. The van der Waals surface area contributed by atoms with Crippen molar-refractivity contribution in [3.63, 3.8) is 0 Å². The summed E-state index contributed by atoms with van der Waals surface area (Å²) in [5.74, 6) is 0.806. The van der Waals surface area contributed by atoms with Crippen molar-refractivity contribution in [2.45, 2.75) is 45.2 Å². The number of hydrogen-bond donors (Lipinski definition) is 1. The number of nitrogen functional groups attached to an aromatic ring is 1. The fourth-order valence-corrected chi connectivity index (χ4v) is 2.96. The predicted molar refractivity (Wildman–Crippen MR) is 76.8 cm³/mol. The van der Waals surface area contributed by atoms with E-state index in [4.69, 9.17) is 10.2 Å². The van der Waals surface area contributed by atoms with E-state index in [1.54, 1.807) is 0 Å². The molecule has 1 saturated heterocycles. The summed E-state index contributed by atoms with van der Waals surface area (Å²) in [6.45, 7) is 4.22. The molecule has 1 atom stereocenters. The van der Waals surface area contributed by atoms with Crippen molar-refractivity contribution in [3.8, 4) is 0 Å². The van der Waals surface area contributed by atoms with Crippen LogP contribution in [0, 0.1) is 0 Å². The number of nitrogens with two attached hydrogens (primary N) is 1. The van der Waals surface area contributed by atoms with Gasteiger partial charge in [-0.05, 0) is 44.0 Å². The van der Waals surface area contributed by atoms with Gasteiger partial charge in [-0.15, -0.1) is 0 Å². The third-order valence-electron chi connectivity index (χ3n) is 4.01. The number of oxazole rings is 1. The van der Waals surface area contributed by atoms with Gasteiger partial charge in [0.05, 0.1) is 6.54 Å². The van der Waals surface area contributed by atoms with Crippen molar-refractivity contribution in [3.05, 3.63) is 24.1 Å². The molecule has 2 N–H and O–H groups in total. The van der Waals surface area contributed by atoms with Gasteiger partial charge < -0.3 is 10.2 Å². The molecule has 0 spiro atoms. The molecule has 0 bridgehead atoms. The van der Waals surface area contributed by atoms with Gasteiger partial charge in [0.25, 0.3) is 0 Å². The van der Waals surface area contributed by atoms with Gasteiger partial charge in [-0.2, -0.15) is 0 Å². The van der Waals surface area contributed by atoms with Gasteiger partial charge in [0.2, 0.25) is 5.89 Å². The number of fused-ring (bicyclic) bond motifs is 1. The Balaban J connectivity index is 1.80. The molecule has 19 heavy (non-hydrogen) atoms. The van der Waals surface area contributed by atoms with Gasteiger partial charge in [-0.1, -0.05) is 13.3 Å². The number of rotatable bonds is 3. The van der Waals surface area contributed by atoms with E-state index in [-0.39, 0.29) is 0 Å². The SMILES string of the molecule is CCC1CCCCN1Cc1nc2cc(N)ccc2o1. The lowest BCUT2D eigenvalue weighted by Gasteiger charge is -2.34. The Kier molecular flexibility index (Phi) is 3.42. The Bertz CT molecular complexity index is 564. The Morgan fingerprint density at radius 2 is 2.32 bits per heavy atom. The average Bonchev–Trinajstić information content (AvgIpc) is 2.80. The zero-order valence-electron chi connectivity index (χ0n) is 11.4. The van der Waals surface area contributed by atoms with E-state index in [2.05, 4.69) is 16.8 Å². The summed E-state index contributed by atoms with van der Waals surface area (Å²) in [5, 5.41) is 0. The molecule has 0 radical (unpaired) electrons. The summed E-state index contributed by atoms with van der Waals surface area (Å²) in [6.07, 6.45) is 5.12. The van der Waals surface area contributed by atoms with Crippen molar-refractivity contribution in [1.29, 1.82) is 0 Å². The molecule has 4 heteroatoms. The van der Waals surface area contributed by atoms with Crippen molar-refractivity contribution < 1.29 is 4.42 Å². The maximum Gasteiger partial charge on any atom is 0.209 e. The smallest absolute Gasteiger partial charge is 0.209 e. The number of anilines is 1. The van der Waals surface area contributed by atoms with Crippen LogP contribution in [0.15, 0.2) is 22.6 Å². The first kappa shape index (κ1) is 12.5.